The van der Waals surface area contributed by atoms with Crippen molar-refractivity contribution in [2.75, 3.05) is 25.0 Å². The number of amides is 1. The Labute approximate surface area is 162 Å². The Balaban J connectivity index is 1.44. The van der Waals surface area contributed by atoms with E-state index in [9.17, 15) is 4.79 Å². The monoisotopic (exact) mass is 385 g/mol. The molecule has 1 saturated heterocycles. The molecule has 1 unspecified atom stereocenters. The number of nitrogens with zero attached hydrogens (tertiary/aromatic N) is 2. The van der Waals surface area contributed by atoms with Crippen molar-refractivity contribution >= 4 is 34.6 Å². The highest BCUT2D eigenvalue weighted by Gasteiger charge is 2.29. The lowest BCUT2D eigenvalue weighted by Gasteiger charge is -2.18. The number of anilines is 1. The number of fused-ring (bicyclic) bond motifs is 1. The van der Waals surface area contributed by atoms with Gasteiger partial charge in [0, 0.05) is 30.2 Å². The molecule has 0 saturated carbocycles. The predicted octanol–water partition coefficient (Wildman–Crippen LogP) is 4.21. The van der Waals surface area contributed by atoms with Crippen LogP contribution < -0.4 is 10.1 Å². The molecule has 2 heterocycles. The standard InChI is InChI=1S/C20H20ClN3O3/c1-2-26-17-6-4-3-5-15(17)19(25)24-10-9-14(12-24)22-20-23-16-8-7-13(21)11-18(16)27-20/h3-8,11,14H,2,9-10,12H2,1H3,(H,22,23). The van der Waals surface area contributed by atoms with Gasteiger partial charge in [0.05, 0.1) is 12.2 Å². The van der Waals surface area contributed by atoms with E-state index in [4.69, 9.17) is 20.8 Å². The zero-order chi connectivity index (χ0) is 18.8. The molecule has 2 aromatic carbocycles. The molecular weight excluding hydrogens is 366 g/mol. The van der Waals surface area contributed by atoms with Gasteiger partial charge in [-0.15, -0.1) is 0 Å². The number of hydrogen-bond donors (Lipinski definition) is 1. The molecule has 1 aliphatic heterocycles. The quantitative estimate of drug-likeness (QED) is 0.712. The first-order chi connectivity index (χ1) is 13.1. The summed E-state index contributed by atoms with van der Waals surface area (Å²) in [5.41, 5.74) is 1.98. The number of nitrogens with one attached hydrogen (secondary N) is 1. The number of carbonyl (C=O) groups is 1. The van der Waals surface area contributed by atoms with Crippen LogP contribution in [0.5, 0.6) is 5.75 Å². The highest BCUT2D eigenvalue weighted by molar-refractivity contribution is 6.31. The first-order valence-corrected chi connectivity index (χ1v) is 9.35. The van der Waals surface area contributed by atoms with Crippen molar-refractivity contribution in [2.45, 2.75) is 19.4 Å². The molecule has 1 aromatic heterocycles. The Morgan fingerprint density at radius 1 is 1.37 bits per heavy atom. The molecule has 1 atom stereocenters. The summed E-state index contributed by atoms with van der Waals surface area (Å²) in [5, 5.41) is 3.89. The number of oxazole rings is 1. The van der Waals surface area contributed by atoms with Crippen LogP contribution in [0, 0.1) is 0 Å². The third-order valence-corrected chi connectivity index (χ3v) is 4.81. The van der Waals surface area contributed by atoms with E-state index in [1.165, 1.54) is 0 Å². The number of rotatable bonds is 5. The van der Waals surface area contributed by atoms with Gasteiger partial charge in [-0.3, -0.25) is 4.79 Å². The highest BCUT2D eigenvalue weighted by Crippen LogP contribution is 2.26. The van der Waals surface area contributed by atoms with Crippen LogP contribution >= 0.6 is 11.6 Å². The van der Waals surface area contributed by atoms with Crippen LogP contribution in [0.2, 0.25) is 5.02 Å². The van der Waals surface area contributed by atoms with Crippen LogP contribution in [0.3, 0.4) is 0 Å². The number of likely N-dealkylation sites (tertiary alicyclic amines) is 1. The van der Waals surface area contributed by atoms with E-state index in [2.05, 4.69) is 10.3 Å². The van der Waals surface area contributed by atoms with Crippen molar-refractivity contribution in [3.63, 3.8) is 0 Å². The molecule has 0 bridgehead atoms. The van der Waals surface area contributed by atoms with E-state index in [1.807, 2.05) is 36.1 Å². The van der Waals surface area contributed by atoms with E-state index >= 15 is 0 Å². The number of halogens is 1. The fourth-order valence-corrected chi connectivity index (χ4v) is 3.45. The largest absolute Gasteiger partial charge is 0.493 e. The molecule has 1 aliphatic rings. The summed E-state index contributed by atoms with van der Waals surface area (Å²) in [4.78, 5) is 19.1. The summed E-state index contributed by atoms with van der Waals surface area (Å²) in [6.07, 6.45) is 0.821. The highest BCUT2D eigenvalue weighted by atomic mass is 35.5. The summed E-state index contributed by atoms with van der Waals surface area (Å²) in [6, 6.07) is 13.2. The molecule has 4 rings (SSSR count). The minimum absolute atomic E-state index is 0.0207. The van der Waals surface area contributed by atoms with Crippen LogP contribution in [0.25, 0.3) is 11.1 Å². The molecule has 6 nitrogen and oxygen atoms in total. The number of para-hydroxylation sites is 1. The molecule has 1 amide bonds. The maximum absolute atomic E-state index is 12.9. The third-order valence-electron chi connectivity index (χ3n) is 4.57. The van der Waals surface area contributed by atoms with E-state index < -0.39 is 0 Å². The van der Waals surface area contributed by atoms with E-state index in [0.717, 1.165) is 11.9 Å². The van der Waals surface area contributed by atoms with Gasteiger partial charge in [-0.05, 0) is 37.6 Å². The zero-order valence-electron chi connectivity index (χ0n) is 14.9. The van der Waals surface area contributed by atoms with Gasteiger partial charge in [0.25, 0.3) is 11.9 Å². The van der Waals surface area contributed by atoms with Gasteiger partial charge < -0.3 is 19.4 Å². The molecule has 0 spiro atoms. The van der Waals surface area contributed by atoms with Crippen LogP contribution in [0.1, 0.15) is 23.7 Å². The molecule has 1 N–H and O–H groups in total. The Bertz CT molecular complexity index is 972. The van der Waals surface area contributed by atoms with Crippen LogP contribution in [0.15, 0.2) is 46.9 Å². The van der Waals surface area contributed by atoms with Crippen molar-refractivity contribution in [2.24, 2.45) is 0 Å². The fraction of sp³-hybridized carbons (Fsp3) is 0.300. The first-order valence-electron chi connectivity index (χ1n) is 8.98. The van der Waals surface area contributed by atoms with E-state index in [0.29, 0.717) is 47.6 Å². The average Bonchev–Trinajstić information content (AvgIpc) is 3.28. The maximum atomic E-state index is 12.9. The van der Waals surface area contributed by atoms with Gasteiger partial charge in [0.2, 0.25) is 0 Å². The molecule has 0 radical (unpaired) electrons. The number of ether oxygens (including phenoxy) is 1. The second kappa shape index (κ2) is 7.48. The zero-order valence-corrected chi connectivity index (χ0v) is 15.7. The van der Waals surface area contributed by atoms with E-state index in [-0.39, 0.29) is 11.9 Å². The first kappa shape index (κ1) is 17.7. The average molecular weight is 386 g/mol. The molecule has 140 valence electrons. The normalized spacial score (nSPS) is 16.7. The second-order valence-corrected chi connectivity index (χ2v) is 6.88. The van der Waals surface area contributed by atoms with Gasteiger partial charge >= 0.3 is 0 Å². The molecular formula is C20H20ClN3O3. The topological polar surface area (TPSA) is 67.6 Å². The maximum Gasteiger partial charge on any atom is 0.295 e. The summed E-state index contributed by atoms with van der Waals surface area (Å²) in [7, 11) is 0. The van der Waals surface area contributed by atoms with Gasteiger partial charge in [0.1, 0.15) is 11.3 Å². The lowest BCUT2D eigenvalue weighted by molar-refractivity contribution is 0.0787. The number of hydrogen-bond acceptors (Lipinski definition) is 5. The smallest absolute Gasteiger partial charge is 0.295 e. The molecule has 1 fully saturated rings. The number of aromatic nitrogens is 1. The number of benzene rings is 2. The Kier molecular flexibility index (Phi) is 4.90. The lowest BCUT2D eigenvalue weighted by atomic mass is 10.2. The third kappa shape index (κ3) is 3.71. The van der Waals surface area contributed by atoms with Crippen molar-refractivity contribution in [3.8, 4) is 5.75 Å². The van der Waals surface area contributed by atoms with E-state index in [1.54, 1.807) is 18.2 Å². The Hall–Kier alpha value is -2.73. The summed E-state index contributed by atoms with van der Waals surface area (Å²) >= 11 is 5.98. The fourth-order valence-electron chi connectivity index (χ4n) is 3.29. The lowest BCUT2D eigenvalue weighted by Crippen LogP contribution is -2.31. The van der Waals surface area contributed by atoms with Crippen molar-refractivity contribution in [1.29, 1.82) is 0 Å². The van der Waals surface area contributed by atoms with Crippen LogP contribution in [-0.4, -0.2) is 41.5 Å². The molecule has 7 heteroatoms. The van der Waals surface area contributed by atoms with Crippen molar-refractivity contribution in [1.82, 2.24) is 9.88 Å². The molecule has 3 aromatic rings. The van der Waals surface area contributed by atoms with Gasteiger partial charge in [-0.25, -0.2) is 0 Å². The summed E-state index contributed by atoms with van der Waals surface area (Å²) in [5.74, 6) is 0.602. The SMILES string of the molecule is CCOc1ccccc1C(=O)N1CCC(Nc2nc3ccc(Cl)cc3o2)C1. The predicted molar refractivity (Wildman–Crippen MR) is 105 cm³/mol. The molecule has 0 aliphatic carbocycles. The van der Waals surface area contributed by atoms with Crippen LogP contribution in [0.4, 0.5) is 6.01 Å². The van der Waals surface area contributed by atoms with Gasteiger partial charge in [-0.2, -0.15) is 4.98 Å². The van der Waals surface area contributed by atoms with Crippen molar-refractivity contribution in [3.05, 3.63) is 53.1 Å². The van der Waals surface area contributed by atoms with Gasteiger partial charge in [-0.1, -0.05) is 23.7 Å². The van der Waals surface area contributed by atoms with Crippen molar-refractivity contribution < 1.29 is 13.9 Å². The molecule has 27 heavy (non-hydrogen) atoms. The second-order valence-electron chi connectivity index (χ2n) is 6.44. The minimum atomic E-state index is -0.0207. The number of carbonyl (C=O) groups excluding carboxylic acids is 1. The Morgan fingerprint density at radius 3 is 3.07 bits per heavy atom. The van der Waals surface area contributed by atoms with Crippen LogP contribution in [-0.2, 0) is 0 Å². The minimum Gasteiger partial charge on any atom is -0.493 e. The summed E-state index contributed by atoms with van der Waals surface area (Å²) in [6.45, 7) is 3.68. The summed E-state index contributed by atoms with van der Waals surface area (Å²) < 4.78 is 11.3. The Morgan fingerprint density at radius 2 is 2.22 bits per heavy atom. The van der Waals surface area contributed by atoms with Gasteiger partial charge in [0.15, 0.2) is 5.58 Å².